The van der Waals surface area contributed by atoms with Crippen LogP contribution in [0.1, 0.15) is 31.2 Å². The average molecular weight is 303 g/mol. The fourth-order valence-electron chi connectivity index (χ4n) is 3.11. The Morgan fingerprint density at radius 3 is 2.59 bits per heavy atom. The zero-order chi connectivity index (χ0) is 16.3. The third kappa shape index (κ3) is 2.83. The molecular formula is C15H21N5O2. The summed E-state index contributed by atoms with van der Waals surface area (Å²) in [6.45, 7) is 0.686. The van der Waals surface area contributed by atoms with Crippen LogP contribution in [0.5, 0.6) is 0 Å². The molecule has 0 amide bonds. The van der Waals surface area contributed by atoms with Gasteiger partial charge in [0.2, 0.25) is 0 Å². The van der Waals surface area contributed by atoms with Gasteiger partial charge >= 0.3 is 0 Å². The van der Waals surface area contributed by atoms with Crippen LogP contribution in [0.3, 0.4) is 0 Å². The highest BCUT2D eigenvalue weighted by Gasteiger charge is 2.36. The van der Waals surface area contributed by atoms with Gasteiger partial charge in [0.05, 0.1) is 10.6 Å². The summed E-state index contributed by atoms with van der Waals surface area (Å²) in [4.78, 5) is 12.5. The van der Waals surface area contributed by atoms with Crippen molar-refractivity contribution in [3.8, 4) is 6.07 Å². The molecule has 0 unspecified atom stereocenters. The number of nitrogen functional groups attached to an aromatic ring is 1. The van der Waals surface area contributed by atoms with E-state index < -0.39 is 4.92 Å². The van der Waals surface area contributed by atoms with Crippen LogP contribution < -0.4 is 11.1 Å². The van der Waals surface area contributed by atoms with E-state index in [9.17, 15) is 15.4 Å². The SMILES string of the molecule is CN(C)C1(CNc2ccc([N+](=O)[O-])c(N)c2C#N)CCCC1. The Bertz CT molecular complexity index is 615. The van der Waals surface area contributed by atoms with E-state index in [4.69, 9.17) is 5.73 Å². The minimum atomic E-state index is -0.571. The number of nitro benzene ring substituents is 1. The number of nitrogens with one attached hydrogen (secondary N) is 1. The molecule has 0 radical (unpaired) electrons. The van der Waals surface area contributed by atoms with Crippen molar-refractivity contribution in [1.29, 1.82) is 5.26 Å². The fourth-order valence-corrected chi connectivity index (χ4v) is 3.11. The number of hydrogen-bond donors (Lipinski definition) is 2. The number of rotatable bonds is 5. The van der Waals surface area contributed by atoms with Gasteiger partial charge in [0.15, 0.2) is 0 Å². The van der Waals surface area contributed by atoms with Crippen LogP contribution in [-0.4, -0.2) is 36.0 Å². The molecule has 0 aliphatic heterocycles. The van der Waals surface area contributed by atoms with Gasteiger partial charge in [-0.2, -0.15) is 5.26 Å². The van der Waals surface area contributed by atoms with Crippen molar-refractivity contribution < 1.29 is 4.92 Å². The van der Waals surface area contributed by atoms with Gasteiger partial charge in [-0.15, -0.1) is 0 Å². The summed E-state index contributed by atoms with van der Waals surface area (Å²) < 4.78 is 0. The predicted octanol–water partition coefficient (Wildman–Crippen LogP) is 2.33. The Labute approximate surface area is 129 Å². The summed E-state index contributed by atoms with van der Waals surface area (Å²) in [5.74, 6) is 0. The number of nitrogens with two attached hydrogens (primary N) is 1. The monoisotopic (exact) mass is 303 g/mol. The molecule has 0 spiro atoms. The molecule has 0 saturated heterocycles. The lowest BCUT2D eigenvalue weighted by molar-refractivity contribution is -0.383. The van der Waals surface area contributed by atoms with Crippen molar-refractivity contribution in [2.45, 2.75) is 31.2 Å². The van der Waals surface area contributed by atoms with Crippen LogP contribution in [0.4, 0.5) is 17.1 Å². The smallest absolute Gasteiger partial charge is 0.293 e. The molecule has 7 nitrogen and oxygen atoms in total. The van der Waals surface area contributed by atoms with Crippen molar-refractivity contribution in [3.63, 3.8) is 0 Å². The van der Waals surface area contributed by atoms with Crippen LogP contribution >= 0.6 is 0 Å². The maximum atomic E-state index is 10.9. The molecule has 1 aliphatic carbocycles. The highest BCUT2D eigenvalue weighted by molar-refractivity contribution is 5.77. The summed E-state index contributed by atoms with van der Waals surface area (Å²) in [6.07, 6.45) is 4.56. The largest absolute Gasteiger partial charge is 0.392 e. The van der Waals surface area contributed by atoms with E-state index in [0.29, 0.717) is 12.2 Å². The molecular weight excluding hydrogens is 282 g/mol. The van der Waals surface area contributed by atoms with Crippen molar-refractivity contribution in [2.24, 2.45) is 0 Å². The van der Waals surface area contributed by atoms with Crippen LogP contribution in [0.15, 0.2) is 12.1 Å². The van der Waals surface area contributed by atoms with E-state index in [2.05, 4.69) is 24.3 Å². The second-order valence-electron chi connectivity index (χ2n) is 5.97. The second-order valence-corrected chi connectivity index (χ2v) is 5.97. The zero-order valence-electron chi connectivity index (χ0n) is 12.9. The minimum absolute atomic E-state index is 0.0588. The molecule has 0 atom stereocenters. The lowest BCUT2D eigenvalue weighted by Gasteiger charge is -2.37. The predicted molar refractivity (Wildman–Crippen MR) is 85.6 cm³/mol. The highest BCUT2D eigenvalue weighted by atomic mass is 16.6. The standard InChI is InChI=1S/C15H21N5O2/c1-19(2)15(7-3-4-8-15)10-18-12-5-6-13(20(21)22)14(17)11(12)9-16/h5-6,18H,3-4,7-8,10,17H2,1-2H3. The van der Waals surface area contributed by atoms with E-state index in [0.717, 1.165) is 12.8 Å². The quantitative estimate of drug-likeness (QED) is 0.491. The van der Waals surface area contributed by atoms with E-state index >= 15 is 0 Å². The summed E-state index contributed by atoms with van der Waals surface area (Å²) in [5.41, 5.74) is 6.20. The lowest BCUT2D eigenvalue weighted by Crippen LogP contribution is -2.47. The number of anilines is 2. The Morgan fingerprint density at radius 1 is 1.45 bits per heavy atom. The molecule has 22 heavy (non-hydrogen) atoms. The second kappa shape index (κ2) is 6.20. The average Bonchev–Trinajstić information content (AvgIpc) is 2.95. The Kier molecular flexibility index (Phi) is 4.52. The molecule has 1 fully saturated rings. The van der Waals surface area contributed by atoms with Gasteiger partial charge in [0.25, 0.3) is 5.69 Å². The summed E-state index contributed by atoms with van der Waals surface area (Å²) in [6, 6.07) is 4.87. The molecule has 118 valence electrons. The normalized spacial score (nSPS) is 16.5. The van der Waals surface area contributed by atoms with Crippen LogP contribution in [0.25, 0.3) is 0 Å². The highest BCUT2D eigenvalue weighted by Crippen LogP contribution is 2.35. The minimum Gasteiger partial charge on any atom is -0.392 e. The maximum Gasteiger partial charge on any atom is 0.293 e. The van der Waals surface area contributed by atoms with E-state index in [1.54, 1.807) is 6.07 Å². The first kappa shape index (κ1) is 16.0. The molecule has 0 heterocycles. The van der Waals surface area contributed by atoms with E-state index in [1.807, 2.05) is 6.07 Å². The lowest BCUT2D eigenvalue weighted by atomic mass is 9.95. The zero-order valence-corrected chi connectivity index (χ0v) is 12.9. The van der Waals surface area contributed by atoms with Gasteiger partial charge in [0, 0.05) is 18.2 Å². The number of nitro groups is 1. The molecule has 1 aromatic carbocycles. The van der Waals surface area contributed by atoms with Gasteiger partial charge in [-0.1, -0.05) is 12.8 Å². The Morgan fingerprint density at radius 2 is 2.09 bits per heavy atom. The van der Waals surface area contributed by atoms with E-state index in [-0.39, 0.29) is 22.5 Å². The van der Waals surface area contributed by atoms with Crippen molar-refractivity contribution in [1.82, 2.24) is 4.90 Å². The van der Waals surface area contributed by atoms with Crippen LogP contribution in [-0.2, 0) is 0 Å². The maximum absolute atomic E-state index is 10.9. The molecule has 1 aliphatic rings. The van der Waals surface area contributed by atoms with Crippen molar-refractivity contribution >= 4 is 17.1 Å². The van der Waals surface area contributed by atoms with Crippen LogP contribution in [0.2, 0.25) is 0 Å². The third-order valence-corrected chi connectivity index (χ3v) is 4.62. The molecule has 3 N–H and O–H groups in total. The van der Waals surface area contributed by atoms with E-state index in [1.165, 1.54) is 18.9 Å². The van der Waals surface area contributed by atoms with Crippen molar-refractivity contribution in [2.75, 3.05) is 31.7 Å². The molecule has 0 bridgehead atoms. The fraction of sp³-hybridized carbons (Fsp3) is 0.533. The number of likely N-dealkylation sites (N-methyl/N-ethyl adjacent to an activating group) is 1. The summed E-state index contributed by atoms with van der Waals surface area (Å²) >= 11 is 0. The van der Waals surface area contributed by atoms with Gasteiger partial charge < -0.3 is 16.0 Å². The number of hydrogen-bond acceptors (Lipinski definition) is 6. The first-order valence-corrected chi connectivity index (χ1v) is 7.29. The van der Waals surface area contributed by atoms with Gasteiger partial charge in [-0.25, -0.2) is 0 Å². The summed E-state index contributed by atoms with van der Waals surface area (Å²) in [5, 5.41) is 23.4. The van der Waals surface area contributed by atoms with Crippen LogP contribution in [0, 0.1) is 21.4 Å². The number of benzene rings is 1. The topological polar surface area (TPSA) is 108 Å². The molecule has 1 aromatic rings. The molecule has 1 saturated carbocycles. The first-order valence-electron chi connectivity index (χ1n) is 7.29. The van der Waals surface area contributed by atoms with Gasteiger partial charge in [-0.05, 0) is 33.0 Å². The molecule has 2 rings (SSSR count). The first-order chi connectivity index (χ1) is 10.4. The Hall–Kier alpha value is -2.33. The molecule has 0 aromatic heterocycles. The number of nitrogens with zero attached hydrogens (tertiary/aromatic N) is 3. The third-order valence-electron chi connectivity index (χ3n) is 4.62. The number of nitriles is 1. The van der Waals surface area contributed by atoms with Gasteiger partial charge in [0.1, 0.15) is 17.3 Å². The van der Waals surface area contributed by atoms with Crippen molar-refractivity contribution in [3.05, 3.63) is 27.8 Å². The Balaban J connectivity index is 2.25. The van der Waals surface area contributed by atoms with Gasteiger partial charge in [-0.3, -0.25) is 10.1 Å². The summed E-state index contributed by atoms with van der Waals surface area (Å²) in [7, 11) is 4.12. The molecule has 7 heteroatoms.